The molecular weight excluding hydrogens is 276 g/mol. The molecule has 20 heavy (non-hydrogen) atoms. The van der Waals surface area contributed by atoms with Gasteiger partial charge >= 0.3 is 0 Å². The van der Waals surface area contributed by atoms with Crippen molar-refractivity contribution in [1.29, 1.82) is 0 Å². The Balaban J connectivity index is 2.84. The van der Waals surface area contributed by atoms with Crippen LogP contribution in [0.5, 0.6) is 0 Å². The van der Waals surface area contributed by atoms with Crippen LogP contribution in [0.2, 0.25) is 0 Å². The van der Waals surface area contributed by atoms with E-state index in [2.05, 4.69) is 5.32 Å². The minimum Gasteiger partial charge on any atom is -0.327 e. The smallest absolute Gasteiger partial charge is 0.225 e. The summed E-state index contributed by atoms with van der Waals surface area (Å²) in [6.07, 6.45) is 3.09. The van der Waals surface area contributed by atoms with Crippen molar-refractivity contribution in [3.8, 4) is 0 Å². The maximum absolute atomic E-state index is 11.9. The first-order valence-electron chi connectivity index (χ1n) is 6.60. The third-order valence-corrected chi connectivity index (χ3v) is 4.13. The summed E-state index contributed by atoms with van der Waals surface area (Å²) in [5.74, 6) is -0.195. The number of aryl methyl sites for hydroxylation is 1. The highest BCUT2D eigenvalue weighted by Crippen LogP contribution is 2.20. The molecule has 0 bridgehead atoms. The van der Waals surface area contributed by atoms with Gasteiger partial charge in [-0.3, -0.25) is 4.79 Å². The number of benzene rings is 1. The van der Waals surface area contributed by atoms with E-state index in [4.69, 9.17) is 5.73 Å². The molecule has 0 aliphatic heterocycles. The lowest BCUT2D eigenvalue weighted by atomic mass is 10.1. The zero-order valence-electron chi connectivity index (χ0n) is 12.1. The van der Waals surface area contributed by atoms with Crippen molar-refractivity contribution in [2.24, 2.45) is 5.73 Å². The number of carbonyl (C=O) groups excluding carboxylic acids is 1. The van der Waals surface area contributed by atoms with Crippen molar-refractivity contribution in [3.63, 3.8) is 0 Å². The van der Waals surface area contributed by atoms with Gasteiger partial charge in [0, 0.05) is 24.4 Å². The first kappa shape index (κ1) is 16.7. The molecule has 1 aromatic rings. The molecule has 6 heteroatoms. The van der Waals surface area contributed by atoms with E-state index in [-0.39, 0.29) is 23.3 Å². The van der Waals surface area contributed by atoms with Gasteiger partial charge in [0.15, 0.2) is 9.84 Å². The summed E-state index contributed by atoms with van der Waals surface area (Å²) in [4.78, 5) is 12.1. The van der Waals surface area contributed by atoms with Gasteiger partial charge in [-0.15, -0.1) is 0 Å². The average Bonchev–Trinajstić information content (AvgIpc) is 2.30. The van der Waals surface area contributed by atoms with Gasteiger partial charge in [0.05, 0.1) is 4.90 Å². The molecule has 1 atom stereocenters. The van der Waals surface area contributed by atoms with Gasteiger partial charge in [0.2, 0.25) is 5.91 Å². The van der Waals surface area contributed by atoms with Crippen molar-refractivity contribution in [1.82, 2.24) is 0 Å². The first-order valence-corrected chi connectivity index (χ1v) is 8.49. The molecule has 1 unspecified atom stereocenters. The van der Waals surface area contributed by atoms with Crippen LogP contribution in [0.1, 0.15) is 31.7 Å². The topological polar surface area (TPSA) is 89.3 Å². The summed E-state index contributed by atoms with van der Waals surface area (Å²) in [5, 5.41) is 2.73. The Labute approximate surface area is 120 Å². The molecule has 1 aromatic carbocycles. The normalized spacial score (nSPS) is 13.0. The van der Waals surface area contributed by atoms with Gasteiger partial charge < -0.3 is 11.1 Å². The van der Waals surface area contributed by atoms with Gasteiger partial charge in [-0.2, -0.15) is 0 Å². The first-order chi connectivity index (χ1) is 9.24. The van der Waals surface area contributed by atoms with Crippen LogP contribution in [0.4, 0.5) is 5.69 Å². The fourth-order valence-electron chi connectivity index (χ4n) is 1.88. The fourth-order valence-corrected chi connectivity index (χ4v) is 2.53. The summed E-state index contributed by atoms with van der Waals surface area (Å²) in [7, 11) is -3.29. The standard InChI is InChI=1S/C14H22N2O3S/c1-4-5-11(15)8-14(17)16-13-9-12(20(3,18)19)7-6-10(13)2/h6-7,9,11H,4-5,8,15H2,1-3H3,(H,16,17). The van der Waals surface area contributed by atoms with Gasteiger partial charge in [-0.1, -0.05) is 19.4 Å². The molecule has 0 saturated heterocycles. The largest absolute Gasteiger partial charge is 0.327 e. The zero-order chi connectivity index (χ0) is 15.3. The third kappa shape index (κ3) is 4.94. The van der Waals surface area contributed by atoms with Crippen LogP contribution < -0.4 is 11.1 Å². The lowest BCUT2D eigenvalue weighted by molar-refractivity contribution is -0.116. The Hall–Kier alpha value is -1.40. The van der Waals surface area contributed by atoms with Crippen LogP contribution in [0.3, 0.4) is 0 Å². The second-order valence-electron chi connectivity index (χ2n) is 5.05. The number of amides is 1. The molecule has 5 nitrogen and oxygen atoms in total. The number of nitrogens with two attached hydrogens (primary N) is 1. The molecule has 0 aromatic heterocycles. The van der Waals surface area contributed by atoms with E-state index in [1.54, 1.807) is 6.07 Å². The maximum Gasteiger partial charge on any atom is 0.225 e. The Morgan fingerprint density at radius 2 is 2.05 bits per heavy atom. The molecule has 0 fully saturated rings. The number of nitrogens with one attached hydrogen (secondary N) is 1. The van der Waals surface area contributed by atoms with E-state index in [0.717, 1.165) is 24.7 Å². The number of hydrogen-bond donors (Lipinski definition) is 2. The van der Waals surface area contributed by atoms with Crippen molar-refractivity contribution >= 4 is 21.4 Å². The lowest BCUT2D eigenvalue weighted by Crippen LogP contribution is -2.27. The highest BCUT2D eigenvalue weighted by atomic mass is 32.2. The Kier molecular flexibility index (Phi) is 5.71. The molecule has 1 amide bonds. The second-order valence-corrected chi connectivity index (χ2v) is 7.07. The van der Waals surface area contributed by atoms with Crippen molar-refractivity contribution < 1.29 is 13.2 Å². The van der Waals surface area contributed by atoms with Crippen LogP contribution >= 0.6 is 0 Å². The molecule has 1 rings (SSSR count). The van der Waals surface area contributed by atoms with E-state index in [0.29, 0.717) is 5.69 Å². The molecular formula is C14H22N2O3S. The summed E-state index contributed by atoms with van der Waals surface area (Å²) in [6.45, 7) is 3.82. The Morgan fingerprint density at radius 3 is 2.60 bits per heavy atom. The quantitative estimate of drug-likeness (QED) is 0.839. The monoisotopic (exact) mass is 298 g/mol. The Morgan fingerprint density at radius 1 is 1.40 bits per heavy atom. The minimum atomic E-state index is -3.29. The van der Waals surface area contributed by atoms with Crippen LogP contribution in [0.15, 0.2) is 23.1 Å². The van der Waals surface area contributed by atoms with Crippen LogP contribution in [-0.2, 0) is 14.6 Å². The summed E-state index contributed by atoms with van der Waals surface area (Å²) in [5.41, 5.74) is 7.15. The van der Waals surface area contributed by atoms with E-state index in [1.807, 2.05) is 13.8 Å². The van der Waals surface area contributed by atoms with Crippen LogP contribution in [-0.4, -0.2) is 26.6 Å². The highest BCUT2D eigenvalue weighted by molar-refractivity contribution is 7.90. The lowest BCUT2D eigenvalue weighted by Gasteiger charge is -2.13. The van der Waals surface area contributed by atoms with Crippen molar-refractivity contribution in [3.05, 3.63) is 23.8 Å². The molecule has 0 spiro atoms. The predicted octanol–water partition coefficient (Wildman–Crippen LogP) is 1.85. The summed E-state index contributed by atoms with van der Waals surface area (Å²) < 4.78 is 23.0. The van der Waals surface area contributed by atoms with Crippen molar-refractivity contribution in [2.45, 2.75) is 44.0 Å². The molecule has 3 N–H and O–H groups in total. The van der Waals surface area contributed by atoms with Crippen LogP contribution in [0, 0.1) is 6.92 Å². The number of hydrogen-bond acceptors (Lipinski definition) is 4. The van der Waals surface area contributed by atoms with E-state index < -0.39 is 9.84 Å². The number of carbonyl (C=O) groups is 1. The average molecular weight is 298 g/mol. The van der Waals surface area contributed by atoms with Gasteiger partial charge in [-0.05, 0) is 31.0 Å². The van der Waals surface area contributed by atoms with Crippen LogP contribution in [0.25, 0.3) is 0 Å². The molecule has 0 radical (unpaired) electrons. The molecule has 0 heterocycles. The summed E-state index contributed by atoms with van der Waals surface area (Å²) >= 11 is 0. The summed E-state index contributed by atoms with van der Waals surface area (Å²) in [6, 6.07) is 4.52. The fraction of sp³-hybridized carbons (Fsp3) is 0.500. The van der Waals surface area contributed by atoms with Gasteiger partial charge in [-0.25, -0.2) is 8.42 Å². The molecule has 0 aliphatic carbocycles. The van der Waals surface area contributed by atoms with Gasteiger partial charge in [0.25, 0.3) is 0 Å². The Bertz CT molecular complexity index is 582. The maximum atomic E-state index is 11.9. The van der Waals surface area contributed by atoms with E-state index in [1.165, 1.54) is 12.1 Å². The predicted molar refractivity (Wildman–Crippen MR) is 80.4 cm³/mol. The highest BCUT2D eigenvalue weighted by Gasteiger charge is 2.13. The van der Waals surface area contributed by atoms with Crippen molar-refractivity contribution in [2.75, 3.05) is 11.6 Å². The third-order valence-electron chi connectivity index (χ3n) is 3.02. The van der Waals surface area contributed by atoms with E-state index in [9.17, 15) is 13.2 Å². The number of sulfone groups is 1. The minimum absolute atomic E-state index is 0.168. The zero-order valence-corrected chi connectivity index (χ0v) is 13.0. The SMILES string of the molecule is CCCC(N)CC(=O)Nc1cc(S(C)(=O)=O)ccc1C. The number of anilines is 1. The van der Waals surface area contributed by atoms with E-state index >= 15 is 0 Å². The molecule has 0 saturated carbocycles. The number of rotatable bonds is 6. The molecule has 0 aliphatic rings. The van der Waals surface area contributed by atoms with Gasteiger partial charge in [0.1, 0.15) is 0 Å². The second kappa shape index (κ2) is 6.85. The molecule has 112 valence electrons.